The third-order valence-electron chi connectivity index (χ3n) is 3.27. The molecule has 0 bridgehead atoms. The Labute approximate surface area is 99.0 Å². The van der Waals surface area contributed by atoms with Crippen molar-refractivity contribution in [3.8, 4) is 6.07 Å². The van der Waals surface area contributed by atoms with Gasteiger partial charge in [0, 0.05) is 17.8 Å². The van der Waals surface area contributed by atoms with E-state index in [1.807, 2.05) is 6.07 Å². The Hall–Kier alpha value is -2.09. The Balaban J connectivity index is 2.67. The molecule has 1 fully saturated rings. The monoisotopic (exact) mass is 230 g/mol. The molecule has 17 heavy (non-hydrogen) atoms. The molecule has 1 heterocycles. The van der Waals surface area contributed by atoms with Crippen LogP contribution in [0.5, 0.6) is 0 Å². The number of nitrogens with zero attached hydrogens (tertiary/aromatic N) is 2. The molecule has 1 aliphatic rings. The maximum absolute atomic E-state index is 12.1. The fourth-order valence-corrected chi connectivity index (χ4v) is 2.39. The Morgan fingerprint density at radius 1 is 1.53 bits per heavy atom. The maximum atomic E-state index is 12.1. The third kappa shape index (κ3) is 1.82. The van der Waals surface area contributed by atoms with Crippen molar-refractivity contribution in [3.05, 3.63) is 27.5 Å². The number of anilines is 1. The Kier molecular flexibility index (Phi) is 2.96. The van der Waals surface area contributed by atoms with Crippen LogP contribution >= 0.6 is 0 Å². The van der Waals surface area contributed by atoms with Gasteiger partial charge >= 0.3 is 0 Å². The van der Waals surface area contributed by atoms with Gasteiger partial charge in [-0.25, -0.2) is 0 Å². The van der Waals surface area contributed by atoms with Crippen LogP contribution in [0.2, 0.25) is 0 Å². The first-order valence-corrected chi connectivity index (χ1v) is 5.64. The van der Waals surface area contributed by atoms with E-state index in [1.54, 1.807) is 0 Å². The lowest BCUT2D eigenvalue weighted by molar-refractivity contribution is 0.508. The van der Waals surface area contributed by atoms with E-state index in [2.05, 4.69) is 0 Å². The standard InChI is InChI=1S/C12H14N4O/c13-6-8-5-9(7-14)12(17)16(11(8)15)10-3-1-2-4-10/h5-6,10,13H,1-4,15H2. The van der Waals surface area contributed by atoms with Gasteiger partial charge in [-0.3, -0.25) is 9.36 Å². The fraction of sp³-hybridized carbons (Fsp3) is 0.417. The summed E-state index contributed by atoms with van der Waals surface area (Å²) in [5, 5.41) is 16.2. The van der Waals surface area contributed by atoms with Gasteiger partial charge in [0.1, 0.15) is 17.5 Å². The highest BCUT2D eigenvalue weighted by Gasteiger charge is 2.22. The molecule has 0 atom stereocenters. The predicted molar refractivity (Wildman–Crippen MR) is 65.2 cm³/mol. The minimum absolute atomic E-state index is 0.0598. The molecule has 2 rings (SSSR count). The van der Waals surface area contributed by atoms with Gasteiger partial charge < -0.3 is 11.1 Å². The number of hydrogen-bond acceptors (Lipinski definition) is 4. The summed E-state index contributed by atoms with van der Waals surface area (Å²) in [6, 6.07) is 3.33. The molecule has 0 amide bonds. The van der Waals surface area contributed by atoms with Crippen LogP contribution in [0.1, 0.15) is 42.9 Å². The number of nitrogens with two attached hydrogens (primary N) is 1. The number of rotatable bonds is 2. The Bertz CT molecular complexity index is 547. The van der Waals surface area contributed by atoms with Gasteiger partial charge in [-0.2, -0.15) is 5.26 Å². The van der Waals surface area contributed by atoms with E-state index in [9.17, 15) is 4.79 Å². The second-order valence-corrected chi connectivity index (χ2v) is 4.27. The zero-order valence-electron chi connectivity index (χ0n) is 9.44. The summed E-state index contributed by atoms with van der Waals surface area (Å²) in [5.41, 5.74) is 6.07. The fourth-order valence-electron chi connectivity index (χ4n) is 2.39. The molecule has 0 aliphatic heterocycles. The highest BCUT2D eigenvalue weighted by Crippen LogP contribution is 2.30. The predicted octanol–water partition coefficient (Wildman–Crippen LogP) is 1.41. The van der Waals surface area contributed by atoms with Gasteiger partial charge in [-0.1, -0.05) is 12.8 Å². The number of nitrogens with one attached hydrogen (secondary N) is 1. The van der Waals surface area contributed by atoms with Crippen molar-refractivity contribution in [3.63, 3.8) is 0 Å². The summed E-state index contributed by atoms with van der Waals surface area (Å²) >= 11 is 0. The first-order valence-electron chi connectivity index (χ1n) is 5.64. The molecule has 5 heteroatoms. The van der Waals surface area contributed by atoms with Crippen molar-refractivity contribution in [1.29, 1.82) is 10.7 Å². The second-order valence-electron chi connectivity index (χ2n) is 4.27. The number of hydrogen-bond donors (Lipinski definition) is 2. The number of aromatic nitrogens is 1. The number of nitrogen functional groups attached to an aromatic ring is 1. The van der Waals surface area contributed by atoms with Crippen LogP contribution in [0.4, 0.5) is 5.82 Å². The van der Waals surface area contributed by atoms with E-state index >= 15 is 0 Å². The van der Waals surface area contributed by atoms with Gasteiger partial charge in [0.2, 0.25) is 0 Å². The lowest BCUT2D eigenvalue weighted by Crippen LogP contribution is -2.29. The van der Waals surface area contributed by atoms with Crippen molar-refractivity contribution in [2.75, 3.05) is 5.73 Å². The first kappa shape index (κ1) is 11.4. The van der Waals surface area contributed by atoms with E-state index in [1.165, 1.54) is 10.6 Å². The summed E-state index contributed by atoms with van der Waals surface area (Å²) in [5.74, 6) is 0.302. The van der Waals surface area contributed by atoms with Crippen molar-refractivity contribution < 1.29 is 0 Å². The molecule has 3 N–H and O–H groups in total. The van der Waals surface area contributed by atoms with E-state index in [0.717, 1.165) is 31.9 Å². The average molecular weight is 230 g/mol. The molecule has 5 nitrogen and oxygen atoms in total. The van der Waals surface area contributed by atoms with Crippen LogP contribution in [-0.2, 0) is 0 Å². The highest BCUT2D eigenvalue weighted by molar-refractivity contribution is 5.84. The molecule has 1 aromatic heterocycles. The van der Waals surface area contributed by atoms with Gasteiger partial charge in [-0.15, -0.1) is 0 Å². The molecule has 1 aromatic rings. The average Bonchev–Trinajstić information content (AvgIpc) is 2.83. The Morgan fingerprint density at radius 3 is 2.71 bits per heavy atom. The summed E-state index contributed by atoms with van der Waals surface area (Å²) < 4.78 is 1.49. The zero-order valence-corrected chi connectivity index (χ0v) is 9.44. The third-order valence-corrected chi connectivity index (χ3v) is 3.27. The number of pyridine rings is 1. The molecule has 0 unspecified atom stereocenters. The largest absolute Gasteiger partial charge is 0.384 e. The topological polar surface area (TPSA) is 95.7 Å². The first-order chi connectivity index (χ1) is 8.19. The number of nitriles is 1. The van der Waals surface area contributed by atoms with Crippen LogP contribution in [-0.4, -0.2) is 10.8 Å². The highest BCUT2D eigenvalue weighted by atomic mass is 16.1. The molecule has 1 aliphatic carbocycles. The zero-order chi connectivity index (χ0) is 12.4. The lowest BCUT2D eigenvalue weighted by atomic mass is 10.1. The van der Waals surface area contributed by atoms with Gasteiger partial charge in [0.25, 0.3) is 5.56 Å². The molecule has 1 saturated carbocycles. The van der Waals surface area contributed by atoms with E-state index in [-0.39, 0.29) is 17.2 Å². The molecular weight excluding hydrogens is 216 g/mol. The van der Waals surface area contributed by atoms with Gasteiger partial charge in [0.05, 0.1) is 0 Å². The molecule has 0 saturated heterocycles. The van der Waals surface area contributed by atoms with Gasteiger partial charge in [0.15, 0.2) is 0 Å². The molecule has 0 aromatic carbocycles. The van der Waals surface area contributed by atoms with Crippen molar-refractivity contribution in [2.45, 2.75) is 31.7 Å². The van der Waals surface area contributed by atoms with Crippen molar-refractivity contribution in [2.24, 2.45) is 0 Å². The van der Waals surface area contributed by atoms with E-state index in [4.69, 9.17) is 16.4 Å². The second kappa shape index (κ2) is 4.42. The van der Waals surface area contributed by atoms with Crippen molar-refractivity contribution in [1.82, 2.24) is 4.57 Å². The molecule has 0 spiro atoms. The van der Waals surface area contributed by atoms with Crippen LogP contribution in [0.15, 0.2) is 10.9 Å². The summed E-state index contributed by atoms with van der Waals surface area (Å²) in [7, 11) is 0. The van der Waals surface area contributed by atoms with Gasteiger partial charge in [-0.05, 0) is 18.9 Å². The lowest BCUT2D eigenvalue weighted by Gasteiger charge is -2.18. The molecule has 88 valence electrons. The molecular formula is C12H14N4O. The van der Waals surface area contributed by atoms with Crippen LogP contribution in [0, 0.1) is 16.7 Å². The van der Waals surface area contributed by atoms with E-state index in [0.29, 0.717) is 11.4 Å². The van der Waals surface area contributed by atoms with Crippen LogP contribution in [0.25, 0.3) is 0 Å². The quantitative estimate of drug-likeness (QED) is 0.752. The SMILES string of the molecule is N#Cc1cc(C=N)c(N)n(C2CCCC2)c1=O. The summed E-state index contributed by atoms with van der Waals surface area (Å²) in [4.78, 5) is 12.1. The Morgan fingerprint density at radius 2 is 2.18 bits per heavy atom. The maximum Gasteiger partial charge on any atom is 0.270 e. The van der Waals surface area contributed by atoms with E-state index < -0.39 is 0 Å². The summed E-state index contributed by atoms with van der Waals surface area (Å²) in [6.07, 6.45) is 5.06. The molecule has 0 radical (unpaired) electrons. The normalized spacial score (nSPS) is 15.7. The van der Waals surface area contributed by atoms with Crippen LogP contribution < -0.4 is 11.3 Å². The summed E-state index contributed by atoms with van der Waals surface area (Å²) in [6.45, 7) is 0. The smallest absolute Gasteiger partial charge is 0.270 e. The minimum Gasteiger partial charge on any atom is -0.384 e. The van der Waals surface area contributed by atoms with Crippen molar-refractivity contribution >= 4 is 12.0 Å². The van der Waals surface area contributed by atoms with Crippen LogP contribution in [0.3, 0.4) is 0 Å². The minimum atomic E-state index is -0.331.